The standard InChI is InChI=1S/C22H27NO5/c1-13(2)17(21(24)14-7-8-18(23)19(11-14)26-4)10-15-9-16(25-3)12-20(27-5)22(15)28-6/h7-13H,23H2,1-6H3. The van der Waals surface area contributed by atoms with Crippen molar-refractivity contribution in [2.75, 3.05) is 34.2 Å². The highest BCUT2D eigenvalue weighted by Gasteiger charge is 2.20. The molecule has 0 aliphatic rings. The summed E-state index contributed by atoms with van der Waals surface area (Å²) in [6.07, 6.45) is 1.81. The quantitative estimate of drug-likeness (QED) is 0.416. The molecular weight excluding hydrogens is 358 g/mol. The molecule has 2 aromatic rings. The van der Waals surface area contributed by atoms with Gasteiger partial charge < -0.3 is 24.7 Å². The molecule has 0 heterocycles. The maximum Gasteiger partial charge on any atom is 0.189 e. The SMILES string of the molecule is COc1cc(C=C(C(=O)c2ccc(N)c(OC)c2)C(C)C)c(OC)c(OC)c1. The molecule has 0 aliphatic carbocycles. The minimum absolute atomic E-state index is 0.0297. The molecular formula is C22H27NO5. The molecule has 2 N–H and O–H groups in total. The largest absolute Gasteiger partial charge is 0.497 e. The molecule has 28 heavy (non-hydrogen) atoms. The number of carbonyl (C=O) groups is 1. The van der Waals surface area contributed by atoms with Gasteiger partial charge in [0.25, 0.3) is 0 Å². The molecule has 2 aromatic carbocycles. The molecule has 6 heteroatoms. The lowest BCUT2D eigenvalue weighted by Crippen LogP contribution is -2.10. The first kappa shape index (κ1) is 21.2. The second-order valence-corrected chi connectivity index (χ2v) is 6.49. The van der Waals surface area contributed by atoms with Crippen LogP contribution in [0.4, 0.5) is 5.69 Å². The van der Waals surface area contributed by atoms with Crippen molar-refractivity contribution in [2.45, 2.75) is 13.8 Å². The van der Waals surface area contributed by atoms with E-state index in [0.29, 0.717) is 45.4 Å². The molecule has 0 aliphatic heterocycles. The second-order valence-electron chi connectivity index (χ2n) is 6.49. The lowest BCUT2D eigenvalue weighted by atomic mass is 9.92. The molecule has 0 bridgehead atoms. The van der Waals surface area contributed by atoms with Crippen LogP contribution in [0.15, 0.2) is 35.9 Å². The highest BCUT2D eigenvalue weighted by molar-refractivity contribution is 6.12. The number of Topliss-reactive ketones (excluding diaryl/α,β-unsaturated/α-hetero) is 1. The zero-order valence-electron chi connectivity index (χ0n) is 17.2. The number of nitrogen functional groups attached to an aromatic ring is 1. The number of ketones is 1. The number of hydrogen-bond donors (Lipinski definition) is 1. The summed E-state index contributed by atoms with van der Waals surface area (Å²) in [7, 11) is 6.21. The first-order chi connectivity index (χ1) is 13.4. The lowest BCUT2D eigenvalue weighted by Gasteiger charge is -2.16. The van der Waals surface area contributed by atoms with Crippen molar-refractivity contribution < 1.29 is 23.7 Å². The average molecular weight is 385 g/mol. The summed E-state index contributed by atoms with van der Waals surface area (Å²) in [6, 6.07) is 8.55. The Hall–Kier alpha value is -3.15. The van der Waals surface area contributed by atoms with Crippen molar-refractivity contribution in [1.82, 2.24) is 0 Å². The third-order valence-electron chi connectivity index (χ3n) is 4.41. The van der Waals surface area contributed by atoms with Crippen LogP contribution in [-0.4, -0.2) is 34.2 Å². The predicted molar refractivity (Wildman–Crippen MR) is 111 cm³/mol. The zero-order chi connectivity index (χ0) is 20.8. The summed E-state index contributed by atoms with van der Waals surface area (Å²) in [5.74, 6) is 1.99. The van der Waals surface area contributed by atoms with E-state index in [1.54, 1.807) is 57.7 Å². The van der Waals surface area contributed by atoms with Gasteiger partial charge in [-0.1, -0.05) is 13.8 Å². The number of ether oxygens (including phenoxy) is 4. The summed E-state index contributed by atoms with van der Waals surface area (Å²) in [6.45, 7) is 3.92. The number of rotatable bonds is 8. The molecule has 150 valence electrons. The summed E-state index contributed by atoms with van der Waals surface area (Å²) < 4.78 is 21.5. The lowest BCUT2D eigenvalue weighted by molar-refractivity contribution is 0.102. The van der Waals surface area contributed by atoms with E-state index in [-0.39, 0.29) is 11.7 Å². The fraction of sp³-hybridized carbons (Fsp3) is 0.318. The summed E-state index contributed by atoms with van der Waals surface area (Å²) >= 11 is 0. The van der Waals surface area contributed by atoms with Crippen LogP contribution in [0.1, 0.15) is 29.8 Å². The van der Waals surface area contributed by atoms with Crippen LogP contribution in [0.2, 0.25) is 0 Å². The molecule has 2 rings (SSSR count). The van der Waals surface area contributed by atoms with Gasteiger partial charge in [0, 0.05) is 22.8 Å². The summed E-state index contributed by atoms with van der Waals surface area (Å²) in [4.78, 5) is 13.2. The Morgan fingerprint density at radius 3 is 2.14 bits per heavy atom. The van der Waals surface area contributed by atoms with Gasteiger partial charge in [-0.3, -0.25) is 4.79 Å². The average Bonchev–Trinajstić information content (AvgIpc) is 2.70. The minimum Gasteiger partial charge on any atom is -0.497 e. The van der Waals surface area contributed by atoms with E-state index in [9.17, 15) is 4.79 Å². The Balaban J connectivity index is 2.60. The van der Waals surface area contributed by atoms with Gasteiger partial charge in [-0.05, 0) is 36.3 Å². The molecule has 0 amide bonds. The predicted octanol–water partition coefficient (Wildman–Crippen LogP) is 4.23. The van der Waals surface area contributed by atoms with E-state index >= 15 is 0 Å². The van der Waals surface area contributed by atoms with E-state index < -0.39 is 0 Å². The number of nitrogens with two attached hydrogens (primary N) is 1. The van der Waals surface area contributed by atoms with Gasteiger partial charge in [-0.15, -0.1) is 0 Å². The van der Waals surface area contributed by atoms with Crippen LogP contribution in [0.3, 0.4) is 0 Å². The van der Waals surface area contributed by atoms with Crippen molar-refractivity contribution in [3.8, 4) is 23.0 Å². The fourth-order valence-electron chi connectivity index (χ4n) is 2.87. The monoisotopic (exact) mass is 385 g/mol. The van der Waals surface area contributed by atoms with E-state index in [1.807, 2.05) is 13.8 Å². The van der Waals surface area contributed by atoms with Crippen molar-refractivity contribution in [3.05, 3.63) is 47.0 Å². The molecule has 6 nitrogen and oxygen atoms in total. The van der Waals surface area contributed by atoms with E-state index in [4.69, 9.17) is 24.7 Å². The van der Waals surface area contributed by atoms with Crippen LogP contribution in [0.5, 0.6) is 23.0 Å². The third-order valence-corrected chi connectivity index (χ3v) is 4.41. The van der Waals surface area contributed by atoms with Crippen molar-refractivity contribution >= 4 is 17.5 Å². The summed E-state index contributed by atoms with van der Waals surface area (Å²) in [5, 5.41) is 0. The first-order valence-electron chi connectivity index (χ1n) is 8.86. The minimum atomic E-state index is -0.114. The Bertz CT molecular complexity index is 887. The van der Waals surface area contributed by atoms with E-state index in [0.717, 1.165) is 0 Å². The van der Waals surface area contributed by atoms with Gasteiger partial charge in [0.2, 0.25) is 0 Å². The smallest absolute Gasteiger partial charge is 0.189 e. The normalized spacial score (nSPS) is 11.3. The highest BCUT2D eigenvalue weighted by atomic mass is 16.5. The Labute approximate surface area is 165 Å². The van der Waals surface area contributed by atoms with Crippen LogP contribution >= 0.6 is 0 Å². The molecule has 0 atom stereocenters. The van der Waals surface area contributed by atoms with Crippen LogP contribution in [0, 0.1) is 5.92 Å². The van der Waals surface area contributed by atoms with Gasteiger partial charge in [-0.25, -0.2) is 0 Å². The molecule has 0 aromatic heterocycles. The highest BCUT2D eigenvalue weighted by Crippen LogP contribution is 2.38. The van der Waals surface area contributed by atoms with Gasteiger partial charge in [-0.2, -0.15) is 0 Å². The number of anilines is 1. The number of hydrogen-bond acceptors (Lipinski definition) is 6. The molecule has 0 unspecified atom stereocenters. The second kappa shape index (κ2) is 9.17. The number of benzene rings is 2. The van der Waals surface area contributed by atoms with Gasteiger partial charge in [0.15, 0.2) is 17.3 Å². The Kier molecular flexibility index (Phi) is 6.93. The number of allylic oxidation sites excluding steroid dienone is 1. The Morgan fingerprint density at radius 1 is 0.929 bits per heavy atom. The Morgan fingerprint density at radius 2 is 1.61 bits per heavy atom. The number of carbonyl (C=O) groups excluding carboxylic acids is 1. The third kappa shape index (κ3) is 4.39. The van der Waals surface area contributed by atoms with Crippen molar-refractivity contribution in [3.63, 3.8) is 0 Å². The van der Waals surface area contributed by atoms with Gasteiger partial charge >= 0.3 is 0 Å². The maximum atomic E-state index is 13.2. The number of methoxy groups -OCH3 is 4. The zero-order valence-corrected chi connectivity index (χ0v) is 17.2. The maximum absolute atomic E-state index is 13.2. The van der Waals surface area contributed by atoms with Gasteiger partial charge in [0.1, 0.15) is 11.5 Å². The molecule has 0 saturated heterocycles. The molecule has 0 saturated carbocycles. The first-order valence-corrected chi connectivity index (χ1v) is 8.86. The topological polar surface area (TPSA) is 80.0 Å². The summed E-state index contributed by atoms with van der Waals surface area (Å²) in [5.41, 5.74) is 8.15. The molecule has 0 fully saturated rings. The van der Waals surface area contributed by atoms with Crippen LogP contribution in [-0.2, 0) is 0 Å². The molecule has 0 spiro atoms. The van der Waals surface area contributed by atoms with Crippen molar-refractivity contribution in [2.24, 2.45) is 5.92 Å². The van der Waals surface area contributed by atoms with Gasteiger partial charge in [0.05, 0.1) is 34.1 Å². The van der Waals surface area contributed by atoms with E-state index in [1.165, 1.54) is 7.11 Å². The van der Waals surface area contributed by atoms with Crippen molar-refractivity contribution in [1.29, 1.82) is 0 Å². The molecule has 0 radical (unpaired) electrons. The fourth-order valence-corrected chi connectivity index (χ4v) is 2.87. The van der Waals surface area contributed by atoms with Crippen LogP contribution < -0.4 is 24.7 Å². The van der Waals surface area contributed by atoms with Crippen LogP contribution in [0.25, 0.3) is 6.08 Å². The van der Waals surface area contributed by atoms with E-state index in [2.05, 4.69) is 0 Å².